The van der Waals surface area contributed by atoms with Gasteiger partial charge in [-0.3, -0.25) is 4.79 Å². The Kier molecular flexibility index (Phi) is 2.18. The molecule has 1 amide bonds. The molecule has 1 aliphatic heterocycles. The van der Waals surface area contributed by atoms with Crippen LogP contribution in [0.2, 0.25) is 0 Å². The molecule has 0 radical (unpaired) electrons. The van der Waals surface area contributed by atoms with Crippen molar-refractivity contribution >= 4 is 11.7 Å². The first-order chi connectivity index (χ1) is 6.77. The zero-order valence-electron chi connectivity index (χ0n) is 7.82. The Balaban J connectivity index is 2.25. The molecule has 1 aromatic rings. The summed E-state index contributed by atoms with van der Waals surface area (Å²) >= 11 is 0. The summed E-state index contributed by atoms with van der Waals surface area (Å²) in [6, 6.07) is 9.45. The zero-order valence-corrected chi connectivity index (χ0v) is 7.82. The normalized spacial score (nSPS) is 20.8. The van der Waals surface area contributed by atoms with Gasteiger partial charge >= 0.3 is 0 Å². The second-order valence-corrected chi connectivity index (χ2v) is 3.17. The molecule has 1 heterocycles. The van der Waals surface area contributed by atoms with Gasteiger partial charge in [-0.15, -0.1) is 0 Å². The number of nitrogens with zero attached hydrogens (tertiary/aromatic N) is 1. The summed E-state index contributed by atoms with van der Waals surface area (Å²) in [5.74, 6) is 0.599. The molecule has 1 aromatic carbocycles. The van der Waals surface area contributed by atoms with Gasteiger partial charge in [0.05, 0.1) is 0 Å². The highest BCUT2D eigenvalue weighted by molar-refractivity contribution is 6.03. The number of hydrazone groups is 1. The Morgan fingerprint density at radius 1 is 1.29 bits per heavy atom. The highest BCUT2D eigenvalue weighted by Crippen LogP contribution is 2.02. The molecular weight excluding hydrogens is 178 g/mol. The van der Waals surface area contributed by atoms with Crippen LogP contribution in [0.25, 0.3) is 0 Å². The van der Waals surface area contributed by atoms with Crippen LogP contribution in [-0.4, -0.2) is 17.8 Å². The predicted octanol–water partition coefficient (Wildman–Crippen LogP) is 0.456. The number of carbonyl (C=O) groups excluding carboxylic acids is 1. The van der Waals surface area contributed by atoms with E-state index in [2.05, 4.69) is 15.8 Å². The zero-order chi connectivity index (χ0) is 9.97. The van der Waals surface area contributed by atoms with E-state index in [0.29, 0.717) is 5.84 Å². The minimum Gasteiger partial charge on any atom is -0.357 e. The van der Waals surface area contributed by atoms with Crippen LogP contribution in [-0.2, 0) is 4.79 Å². The first-order valence-corrected chi connectivity index (χ1v) is 4.47. The van der Waals surface area contributed by atoms with Crippen molar-refractivity contribution in [2.75, 3.05) is 0 Å². The topological polar surface area (TPSA) is 53.5 Å². The molecule has 14 heavy (non-hydrogen) atoms. The van der Waals surface area contributed by atoms with Crippen molar-refractivity contribution in [2.45, 2.75) is 13.0 Å². The third kappa shape index (κ3) is 1.59. The second kappa shape index (κ2) is 3.49. The lowest BCUT2D eigenvalue weighted by atomic mass is 10.2. The fraction of sp³-hybridized carbons (Fsp3) is 0.200. The van der Waals surface area contributed by atoms with E-state index in [9.17, 15) is 4.79 Å². The molecule has 1 atom stereocenters. The molecular formula is C10H11N3O. The van der Waals surface area contributed by atoms with E-state index in [-0.39, 0.29) is 11.9 Å². The fourth-order valence-corrected chi connectivity index (χ4v) is 1.25. The third-order valence-electron chi connectivity index (χ3n) is 2.07. The van der Waals surface area contributed by atoms with Gasteiger partial charge in [0, 0.05) is 5.56 Å². The number of benzene rings is 1. The smallest absolute Gasteiger partial charge is 0.262 e. The number of amides is 1. The lowest BCUT2D eigenvalue weighted by Crippen LogP contribution is -2.49. The van der Waals surface area contributed by atoms with Crippen LogP contribution in [0.4, 0.5) is 0 Å². The first kappa shape index (κ1) is 8.74. The summed E-state index contributed by atoms with van der Waals surface area (Å²) in [6.07, 6.45) is 0. The van der Waals surface area contributed by atoms with Gasteiger partial charge in [-0.25, -0.2) is 5.43 Å². The predicted molar refractivity (Wildman–Crippen MR) is 53.7 cm³/mol. The van der Waals surface area contributed by atoms with Gasteiger partial charge in [0.1, 0.15) is 6.04 Å². The number of hydrogen-bond acceptors (Lipinski definition) is 3. The lowest BCUT2D eigenvalue weighted by Gasteiger charge is -2.20. The van der Waals surface area contributed by atoms with E-state index >= 15 is 0 Å². The summed E-state index contributed by atoms with van der Waals surface area (Å²) in [7, 11) is 0. The second-order valence-electron chi connectivity index (χ2n) is 3.17. The van der Waals surface area contributed by atoms with Crippen molar-refractivity contribution in [2.24, 2.45) is 5.10 Å². The van der Waals surface area contributed by atoms with Crippen molar-refractivity contribution in [3.05, 3.63) is 35.9 Å². The molecule has 4 nitrogen and oxygen atoms in total. The molecule has 2 rings (SSSR count). The van der Waals surface area contributed by atoms with Crippen molar-refractivity contribution in [3.8, 4) is 0 Å². The highest BCUT2D eigenvalue weighted by Gasteiger charge is 2.19. The molecule has 0 bridgehead atoms. The van der Waals surface area contributed by atoms with Gasteiger partial charge in [-0.05, 0) is 6.92 Å². The van der Waals surface area contributed by atoms with E-state index in [4.69, 9.17) is 0 Å². The Labute approximate surface area is 82.0 Å². The molecule has 4 heteroatoms. The Bertz CT molecular complexity index is 372. The van der Waals surface area contributed by atoms with Gasteiger partial charge in [0.25, 0.3) is 5.91 Å². The molecule has 1 unspecified atom stereocenters. The van der Waals surface area contributed by atoms with Crippen LogP contribution >= 0.6 is 0 Å². The van der Waals surface area contributed by atoms with Crippen LogP contribution in [0.5, 0.6) is 0 Å². The van der Waals surface area contributed by atoms with Crippen LogP contribution in [0.1, 0.15) is 12.5 Å². The van der Waals surface area contributed by atoms with E-state index in [0.717, 1.165) is 5.56 Å². The minimum absolute atomic E-state index is 0.107. The quantitative estimate of drug-likeness (QED) is 0.674. The van der Waals surface area contributed by atoms with E-state index in [1.807, 2.05) is 30.3 Å². The molecule has 1 aliphatic rings. The van der Waals surface area contributed by atoms with Crippen molar-refractivity contribution in [3.63, 3.8) is 0 Å². The van der Waals surface area contributed by atoms with Crippen LogP contribution in [0, 0.1) is 0 Å². The average molecular weight is 189 g/mol. The fourth-order valence-electron chi connectivity index (χ4n) is 1.25. The van der Waals surface area contributed by atoms with E-state index < -0.39 is 0 Å². The lowest BCUT2D eigenvalue weighted by molar-refractivity contribution is -0.122. The van der Waals surface area contributed by atoms with E-state index in [1.54, 1.807) is 6.92 Å². The number of rotatable bonds is 1. The maximum atomic E-state index is 11.1. The molecule has 2 N–H and O–H groups in total. The number of nitrogens with one attached hydrogen (secondary N) is 2. The van der Waals surface area contributed by atoms with Crippen molar-refractivity contribution < 1.29 is 4.79 Å². The molecule has 0 aromatic heterocycles. The summed E-state index contributed by atoms with van der Waals surface area (Å²) in [5, 5.41) is 6.96. The van der Waals surface area contributed by atoms with Gasteiger partial charge in [-0.1, -0.05) is 30.3 Å². The summed E-state index contributed by atoms with van der Waals surface area (Å²) in [6.45, 7) is 1.80. The Hall–Kier alpha value is -1.84. The summed E-state index contributed by atoms with van der Waals surface area (Å²) in [5.41, 5.74) is 3.44. The molecule has 0 aliphatic carbocycles. The maximum Gasteiger partial charge on any atom is 0.262 e. The van der Waals surface area contributed by atoms with Crippen LogP contribution < -0.4 is 10.7 Å². The molecule has 72 valence electrons. The SMILES string of the molecule is CC1NC(c2ccccc2)=NNC1=O. The van der Waals surface area contributed by atoms with Crippen molar-refractivity contribution in [1.82, 2.24) is 10.7 Å². The molecule has 0 spiro atoms. The Morgan fingerprint density at radius 3 is 2.64 bits per heavy atom. The summed E-state index contributed by atoms with van der Waals surface area (Å²) < 4.78 is 0. The monoisotopic (exact) mass is 189 g/mol. The van der Waals surface area contributed by atoms with Gasteiger partial charge in [0.15, 0.2) is 5.84 Å². The Morgan fingerprint density at radius 2 is 2.00 bits per heavy atom. The van der Waals surface area contributed by atoms with Crippen molar-refractivity contribution in [1.29, 1.82) is 0 Å². The molecule has 0 saturated carbocycles. The average Bonchev–Trinajstić information content (AvgIpc) is 2.23. The largest absolute Gasteiger partial charge is 0.357 e. The van der Waals surface area contributed by atoms with Crippen LogP contribution in [0.15, 0.2) is 35.4 Å². The van der Waals surface area contributed by atoms with Gasteiger partial charge in [0.2, 0.25) is 0 Å². The highest BCUT2D eigenvalue weighted by atomic mass is 16.2. The minimum atomic E-state index is -0.234. The van der Waals surface area contributed by atoms with E-state index in [1.165, 1.54) is 0 Å². The number of carbonyl (C=O) groups is 1. The standard InChI is InChI=1S/C10H11N3O/c1-7-10(14)13-12-9(11-7)8-5-3-2-4-6-8/h2-7H,1H3,(H,11,12)(H,13,14). The molecule has 0 saturated heterocycles. The van der Waals surface area contributed by atoms with Gasteiger partial charge < -0.3 is 5.32 Å². The van der Waals surface area contributed by atoms with Gasteiger partial charge in [-0.2, -0.15) is 5.10 Å². The third-order valence-corrected chi connectivity index (χ3v) is 2.07. The maximum absolute atomic E-state index is 11.1. The molecule has 0 fully saturated rings. The number of amidine groups is 1. The van der Waals surface area contributed by atoms with Crippen LogP contribution in [0.3, 0.4) is 0 Å². The number of hydrogen-bond donors (Lipinski definition) is 2. The first-order valence-electron chi connectivity index (χ1n) is 4.47. The summed E-state index contributed by atoms with van der Waals surface area (Å²) in [4.78, 5) is 11.1.